The number of para-hydroxylation sites is 2. The lowest BCUT2D eigenvalue weighted by Gasteiger charge is -2.47. The Kier molecular flexibility index (Phi) is 6.29. The summed E-state index contributed by atoms with van der Waals surface area (Å²) in [5.74, 6) is -1.53. The largest absolute Gasteiger partial charge is 0.481 e. The van der Waals surface area contributed by atoms with Gasteiger partial charge in [0.1, 0.15) is 23.2 Å². The van der Waals surface area contributed by atoms with Crippen LogP contribution >= 0.6 is 0 Å². The summed E-state index contributed by atoms with van der Waals surface area (Å²) in [6.07, 6.45) is 5.17. The van der Waals surface area contributed by atoms with Crippen LogP contribution in [0.1, 0.15) is 36.0 Å². The average molecular weight is 608 g/mol. The van der Waals surface area contributed by atoms with Crippen molar-refractivity contribution in [1.82, 2.24) is 15.0 Å². The molecular formula is C34H27F2N5O4. The number of carboxylic acid groups (broad SMARTS) is 1. The number of carbonyl (C=O) groups excluding carboxylic acids is 1. The van der Waals surface area contributed by atoms with E-state index in [0.717, 1.165) is 31.7 Å². The van der Waals surface area contributed by atoms with Gasteiger partial charge in [-0.05, 0) is 67.9 Å². The number of amides is 1. The third kappa shape index (κ3) is 4.66. The first-order valence-electron chi connectivity index (χ1n) is 14.9. The number of benzene rings is 3. The molecule has 3 fully saturated rings. The molecule has 3 aliphatic carbocycles. The number of nitrogens with zero attached hydrogens (tertiary/aromatic N) is 2. The molecule has 4 aliphatic rings. The van der Waals surface area contributed by atoms with Gasteiger partial charge in [0.2, 0.25) is 0 Å². The van der Waals surface area contributed by atoms with E-state index in [-0.39, 0.29) is 40.5 Å². The van der Waals surface area contributed by atoms with Gasteiger partial charge in [0.05, 0.1) is 28.4 Å². The molecule has 5 aromatic rings. The Balaban J connectivity index is 1.26. The third-order valence-corrected chi connectivity index (χ3v) is 9.37. The molecular weight excluding hydrogens is 580 g/mol. The van der Waals surface area contributed by atoms with Crippen molar-refractivity contribution in [3.8, 4) is 34.1 Å². The van der Waals surface area contributed by atoms with Crippen molar-refractivity contribution in [2.24, 2.45) is 17.8 Å². The number of anilines is 2. The van der Waals surface area contributed by atoms with Crippen molar-refractivity contribution >= 4 is 34.3 Å². The molecule has 0 saturated heterocycles. The zero-order valence-corrected chi connectivity index (χ0v) is 23.8. The molecule has 45 heavy (non-hydrogen) atoms. The van der Waals surface area contributed by atoms with Crippen molar-refractivity contribution in [3.63, 3.8) is 0 Å². The second-order valence-corrected chi connectivity index (χ2v) is 11.9. The van der Waals surface area contributed by atoms with Crippen LogP contribution in [-0.2, 0) is 4.79 Å². The van der Waals surface area contributed by atoms with Crippen LogP contribution in [0.5, 0.6) is 11.5 Å². The van der Waals surface area contributed by atoms with E-state index in [4.69, 9.17) is 14.7 Å². The quantitative estimate of drug-likeness (QED) is 0.166. The van der Waals surface area contributed by atoms with Gasteiger partial charge in [0, 0.05) is 40.9 Å². The molecule has 2 bridgehead atoms. The molecule has 11 heteroatoms. The van der Waals surface area contributed by atoms with E-state index >= 15 is 0 Å². The Morgan fingerprint density at radius 3 is 2.56 bits per heavy atom. The van der Waals surface area contributed by atoms with E-state index in [2.05, 4.69) is 15.6 Å². The van der Waals surface area contributed by atoms with Crippen molar-refractivity contribution in [2.75, 3.05) is 10.6 Å². The monoisotopic (exact) mass is 607 g/mol. The van der Waals surface area contributed by atoms with E-state index in [1.54, 1.807) is 42.5 Å². The predicted octanol–water partition coefficient (Wildman–Crippen LogP) is 7.23. The van der Waals surface area contributed by atoms with Gasteiger partial charge in [-0.2, -0.15) is 0 Å². The number of carbonyl (C=O) groups is 2. The minimum atomic E-state index is -0.833. The average Bonchev–Trinajstić information content (AvgIpc) is 3.40. The molecule has 3 aromatic carbocycles. The van der Waals surface area contributed by atoms with Crippen LogP contribution in [-0.4, -0.2) is 38.0 Å². The summed E-state index contributed by atoms with van der Waals surface area (Å²) < 4.78 is 35.1. The lowest BCUT2D eigenvalue weighted by molar-refractivity contribution is -0.148. The first-order chi connectivity index (χ1) is 21.8. The molecule has 2 atom stereocenters. The maximum absolute atomic E-state index is 14.6. The minimum Gasteiger partial charge on any atom is -0.481 e. The van der Waals surface area contributed by atoms with Crippen LogP contribution in [0.25, 0.3) is 33.5 Å². The number of rotatable bonds is 5. The van der Waals surface area contributed by atoms with Gasteiger partial charge in [-0.25, -0.2) is 18.7 Å². The number of aromatic amines is 1. The molecule has 1 amide bonds. The Labute approximate surface area is 255 Å². The summed E-state index contributed by atoms with van der Waals surface area (Å²) in [7, 11) is 0. The lowest BCUT2D eigenvalue weighted by Crippen LogP contribution is -2.51. The molecule has 0 spiro atoms. The number of aromatic nitrogens is 3. The molecule has 2 aromatic heterocycles. The van der Waals surface area contributed by atoms with Crippen molar-refractivity contribution in [2.45, 2.75) is 31.7 Å². The Hall–Kier alpha value is -5.32. The van der Waals surface area contributed by atoms with E-state index < -0.39 is 23.5 Å². The van der Waals surface area contributed by atoms with Gasteiger partial charge in [0.25, 0.3) is 5.91 Å². The fraction of sp³-hybridized carbons (Fsp3) is 0.235. The Morgan fingerprint density at radius 2 is 1.73 bits per heavy atom. The van der Waals surface area contributed by atoms with E-state index in [9.17, 15) is 23.5 Å². The van der Waals surface area contributed by atoms with Crippen LogP contribution in [0.2, 0.25) is 0 Å². The smallest absolute Gasteiger partial charge is 0.308 e. The van der Waals surface area contributed by atoms with Crippen LogP contribution in [0.4, 0.5) is 20.3 Å². The highest BCUT2D eigenvalue weighted by atomic mass is 19.1. The number of aliphatic carboxylic acids is 1. The number of H-pyrrole nitrogens is 1. The van der Waals surface area contributed by atoms with Crippen molar-refractivity contribution in [3.05, 3.63) is 84.1 Å². The molecule has 4 N–H and O–H groups in total. The maximum Gasteiger partial charge on any atom is 0.308 e. The number of hydrogen-bond acceptors (Lipinski definition) is 6. The molecule has 3 saturated carbocycles. The number of hydrogen-bond donors (Lipinski definition) is 4. The number of carboxylic acids is 1. The zero-order valence-electron chi connectivity index (χ0n) is 23.8. The van der Waals surface area contributed by atoms with E-state index in [1.807, 2.05) is 6.07 Å². The zero-order chi connectivity index (χ0) is 30.8. The summed E-state index contributed by atoms with van der Waals surface area (Å²) in [5.41, 5.74) is 2.44. The fourth-order valence-electron chi connectivity index (χ4n) is 7.23. The van der Waals surface area contributed by atoms with Gasteiger partial charge in [-0.3, -0.25) is 9.59 Å². The number of halogens is 2. The summed E-state index contributed by atoms with van der Waals surface area (Å²) in [6, 6.07) is 15.7. The second kappa shape index (κ2) is 10.4. The lowest BCUT2D eigenvalue weighted by atomic mass is 9.61. The highest BCUT2D eigenvalue weighted by molar-refractivity contribution is 6.08. The van der Waals surface area contributed by atoms with E-state index in [0.29, 0.717) is 45.4 Å². The molecule has 226 valence electrons. The van der Waals surface area contributed by atoms with Crippen LogP contribution in [0.15, 0.2) is 66.9 Å². The summed E-state index contributed by atoms with van der Waals surface area (Å²) in [4.78, 5) is 37.8. The summed E-state index contributed by atoms with van der Waals surface area (Å²) in [5, 5.41) is 16.7. The first kappa shape index (κ1) is 27.2. The third-order valence-electron chi connectivity index (χ3n) is 9.37. The summed E-state index contributed by atoms with van der Waals surface area (Å²) in [6.45, 7) is 0. The Bertz CT molecular complexity index is 2020. The van der Waals surface area contributed by atoms with Crippen molar-refractivity contribution in [1.29, 1.82) is 0 Å². The maximum atomic E-state index is 14.6. The number of ether oxygens (including phenoxy) is 1. The standard InChI is InChI=1S/C34H27F2N5O4/c35-19-12-21-22(15-37-31(21)23(36)13-19)32-38-25(14-28(41-32)40-30-17-7-5-16(6-8-17)29(30)34(43)44)18-9-10-20-27(11-18)45-26-4-2-1-3-24(26)39-33(20)42/h1-4,9-17,29-30,37H,5-8H2,(H,39,42)(H,43,44)(H,38,40,41). The number of fused-ring (bicyclic) bond motifs is 6. The SMILES string of the molecule is O=C1Nc2ccccc2Oc2cc(-c3cc(NC4C5CCC(CC5)C4C(=O)O)nc(-c4c[nH]c5c(F)cc(F)cc45)n3)ccc21. The highest BCUT2D eigenvalue weighted by Gasteiger charge is 2.47. The first-order valence-corrected chi connectivity index (χ1v) is 14.9. The van der Waals surface area contributed by atoms with Gasteiger partial charge < -0.3 is 25.5 Å². The van der Waals surface area contributed by atoms with Crippen LogP contribution in [0, 0.1) is 29.4 Å². The second-order valence-electron chi connectivity index (χ2n) is 11.9. The predicted molar refractivity (Wildman–Crippen MR) is 163 cm³/mol. The topological polar surface area (TPSA) is 129 Å². The molecule has 3 heterocycles. The molecule has 0 radical (unpaired) electrons. The fourth-order valence-corrected chi connectivity index (χ4v) is 7.23. The Morgan fingerprint density at radius 1 is 0.933 bits per heavy atom. The van der Waals surface area contributed by atoms with Gasteiger partial charge in [-0.15, -0.1) is 0 Å². The van der Waals surface area contributed by atoms with Crippen LogP contribution in [0.3, 0.4) is 0 Å². The highest BCUT2D eigenvalue weighted by Crippen LogP contribution is 2.47. The number of nitrogens with one attached hydrogen (secondary N) is 3. The normalized spacial score (nSPS) is 21.8. The molecule has 9 nitrogen and oxygen atoms in total. The molecule has 9 rings (SSSR count). The van der Waals surface area contributed by atoms with Crippen LogP contribution < -0.4 is 15.4 Å². The van der Waals surface area contributed by atoms with Gasteiger partial charge >= 0.3 is 5.97 Å². The summed E-state index contributed by atoms with van der Waals surface area (Å²) >= 11 is 0. The van der Waals surface area contributed by atoms with E-state index in [1.165, 1.54) is 12.3 Å². The molecule has 2 unspecified atom stereocenters. The van der Waals surface area contributed by atoms with Gasteiger partial charge in [-0.1, -0.05) is 18.2 Å². The molecule has 1 aliphatic heterocycles. The minimum absolute atomic E-state index is 0.0844. The van der Waals surface area contributed by atoms with Crippen molar-refractivity contribution < 1.29 is 28.2 Å². The van der Waals surface area contributed by atoms with Gasteiger partial charge in [0.15, 0.2) is 11.6 Å².